The first-order valence-corrected chi connectivity index (χ1v) is 9.26. The van der Waals surface area contributed by atoms with E-state index in [9.17, 15) is 0 Å². The van der Waals surface area contributed by atoms with E-state index < -0.39 is 0 Å². The van der Waals surface area contributed by atoms with Crippen LogP contribution in [-0.2, 0) is 13.0 Å². The van der Waals surface area contributed by atoms with Crippen LogP contribution in [0.25, 0.3) is 0 Å². The molecule has 1 unspecified atom stereocenters. The molecule has 1 aliphatic heterocycles. The average molecular weight is 343 g/mol. The summed E-state index contributed by atoms with van der Waals surface area (Å²) in [5.74, 6) is 0. The highest BCUT2D eigenvalue weighted by atomic mass is 32.1. The summed E-state index contributed by atoms with van der Waals surface area (Å²) >= 11 is 3.39. The molecule has 4 rings (SSSR count). The molecule has 4 nitrogen and oxygen atoms in total. The summed E-state index contributed by atoms with van der Waals surface area (Å²) in [7, 11) is 1.63. The number of hydrogen-bond donors (Lipinski definition) is 0. The lowest BCUT2D eigenvalue weighted by Gasteiger charge is -2.35. The van der Waals surface area contributed by atoms with Crippen LogP contribution in [-0.4, -0.2) is 28.8 Å². The van der Waals surface area contributed by atoms with Gasteiger partial charge in [0.15, 0.2) is 0 Å². The van der Waals surface area contributed by atoms with Crippen LogP contribution in [0.5, 0.6) is 5.19 Å². The van der Waals surface area contributed by atoms with Gasteiger partial charge in [-0.3, -0.25) is 4.90 Å². The summed E-state index contributed by atoms with van der Waals surface area (Å²) in [6.07, 6.45) is 1.10. The number of hydrogen-bond acceptors (Lipinski definition) is 6. The Balaban J connectivity index is 1.67. The first kappa shape index (κ1) is 14.8. The molecule has 1 aromatic carbocycles. The SMILES string of the molecule is COc1nnc(CN2CCc3sccc3C2c2ccccc2)s1. The van der Waals surface area contributed by atoms with E-state index in [-0.39, 0.29) is 0 Å². The lowest BCUT2D eigenvalue weighted by atomic mass is 9.93. The van der Waals surface area contributed by atoms with E-state index in [0.29, 0.717) is 11.2 Å². The van der Waals surface area contributed by atoms with Crippen molar-refractivity contribution in [3.63, 3.8) is 0 Å². The highest BCUT2D eigenvalue weighted by molar-refractivity contribution is 7.13. The minimum atomic E-state index is 0.293. The minimum absolute atomic E-state index is 0.293. The normalized spacial score (nSPS) is 17.9. The van der Waals surface area contributed by atoms with Crippen LogP contribution in [0, 0.1) is 0 Å². The predicted octanol–water partition coefficient (Wildman–Crippen LogP) is 3.76. The zero-order valence-electron chi connectivity index (χ0n) is 12.8. The number of thiophene rings is 1. The minimum Gasteiger partial charge on any atom is -0.472 e. The molecule has 1 aliphatic rings. The third kappa shape index (κ3) is 2.89. The monoisotopic (exact) mass is 343 g/mol. The third-order valence-corrected chi connectivity index (χ3v) is 6.01. The summed E-state index contributed by atoms with van der Waals surface area (Å²) in [4.78, 5) is 3.99. The van der Waals surface area contributed by atoms with Gasteiger partial charge >= 0.3 is 0 Å². The first-order chi connectivity index (χ1) is 11.3. The Morgan fingerprint density at radius 3 is 2.87 bits per heavy atom. The highest BCUT2D eigenvalue weighted by Gasteiger charge is 2.30. The summed E-state index contributed by atoms with van der Waals surface area (Å²) in [5, 5.41) is 12.1. The quantitative estimate of drug-likeness (QED) is 0.723. The maximum atomic E-state index is 5.17. The fraction of sp³-hybridized carbons (Fsp3) is 0.294. The second kappa shape index (κ2) is 6.39. The molecule has 0 aliphatic carbocycles. The largest absolute Gasteiger partial charge is 0.472 e. The summed E-state index contributed by atoms with van der Waals surface area (Å²) in [5.41, 5.74) is 2.77. The fourth-order valence-electron chi connectivity index (χ4n) is 3.12. The number of methoxy groups -OCH3 is 1. The summed E-state index contributed by atoms with van der Waals surface area (Å²) in [6, 6.07) is 13.3. The smallest absolute Gasteiger partial charge is 0.293 e. The zero-order valence-corrected chi connectivity index (χ0v) is 14.4. The predicted molar refractivity (Wildman–Crippen MR) is 93.2 cm³/mol. The molecule has 0 radical (unpaired) electrons. The van der Waals surface area contributed by atoms with Gasteiger partial charge in [0.1, 0.15) is 5.01 Å². The molecule has 0 fully saturated rings. The van der Waals surface area contributed by atoms with Crippen LogP contribution in [0.2, 0.25) is 0 Å². The molecule has 3 aromatic rings. The zero-order chi connectivity index (χ0) is 15.6. The number of nitrogens with zero attached hydrogens (tertiary/aromatic N) is 3. The Morgan fingerprint density at radius 1 is 1.22 bits per heavy atom. The van der Waals surface area contributed by atoms with E-state index in [1.807, 2.05) is 11.3 Å². The number of fused-ring (bicyclic) bond motifs is 1. The molecule has 0 spiro atoms. The molecular formula is C17H17N3OS2. The fourth-order valence-corrected chi connectivity index (χ4v) is 4.71. The average Bonchev–Trinajstić information content (AvgIpc) is 3.24. The highest BCUT2D eigenvalue weighted by Crippen LogP contribution is 2.38. The second-order valence-corrected chi connectivity index (χ2v) is 7.52. The van der Waals surface area contributed by atoms with E-state index in [1.165, 1.54) is 27.3 Å². The van der Waals surface area contributed by atoms with Crippen molar-refractivity contribution in [1.29, 1.82) is 0 Å². The Morgan fingerprint density at radius 2 is 2.09 bits per heavy atom. The summed E-state index contributed by atoms with van der Waals surface area (Å²) in [6.45, 7) is 1.84. The topological polar surface area (TPSA) is 38.3 Å². The molecule has 0 saturated heterocycles. The van der Waals surface area contributed by atoms with E-state index >= 15 is 0 Å². The van der Waals surface area contributed by atoms with Crippen molar-refractivity contribution in [1.82, 2.24) is 15.1 Å². The van der Waals surface area contributed by atoms with Gasteiger partial charge in [0, 0.05) is 11.4 Å². The second-order valence-electron chi connectivity index (χ2n) is 5.50. The Bertz CT molecular complexity index is 784. The number of rotatable bonds is 4. The van der Waals surface area contributed by atoms with Crippen LogP contribution in [0.3, 0.4) is 0 Å². The van der Waals surface area contributed by atoms with Crippen molar-refractivity contribution < 1.29 is 4.74 Å². The molecule has 0 bridgehead atoms. The standard InChI is InChI=1S/C17H17N3OS2/c1-21-17-19-18-15(23-17)11-20-9-7-14-13(8-10-22-14)16(20)12-5-3-2-4-6-12/h2-6,8,10,16H,7,9,11H2,1H3. The van der Waals surface area contributed by atoms with Gasteiger partial charge < -0.3 is 4.74 Å². The molecule has 2 aromatic heterocycles. The van der Waals surface area contributed by atoms with Crippen molar-refractivity contribution in [3.8, 4) is 5.19 Å². The molecule has 0 saturated carbocycles. The van der Waals surface area contributed by atoms with Crippen LogP contribution < -0.4 is 4.74 Å². The Labute approximate surface area is 143 Å². The lowest BCUT2D eigenvalue weighted by Crippen LogP contribution is -2.34. The maximum absolute atomic E-state index is 5.17. The van der Waals surface area contributed by atoms with Gasteiger partial charge in [-0.1, -0.05) is 41.7 Å². The van der Waals surface area contributed by atoms with Crippen molar-refractivity contribution in [2.45, 2.75) is 19.0 Å². The molecule has 23 heavy (non-hydrogen) atoms. The maximum Gasteiger partial charge on any atom is 0.293 e. The van der Waals surface area contributed by atoms with Crippen molar-refractivity contribution in [2.24, 2.45) is 0 Å². The van der Waals surface area contributed by atoms with E-state index in [0.717, 1.165) is 24.5 Å². The first-order valence-electron chi connectivity index (χ1n) is 7.57. The van der Waals surface area contributed by atoms with Gasteiger partial charge in [0.05, 0.1) is 19.7 Å². The van der Waals surface area contributed by atoms with Crippen LogP contribution in [0.15, 0.2) is 41.8 Å². The van der Waals surface area contributed by atoms with Gasteiger partial charge in [-0.15, -0.1) is 21.5 Å². The molecule has 0 N–H and O–H groups in total. The van der Waals surface area contributed by atoms with Gasteiger partial charge in [-0.2, -0.15) is 0 Å². The molecular weight excluding hydrogens is 326 g/mol. The molecule has 6 heteroatoms. The lowest BCUT2D eigenvalue weighted by molar-refractivity contribution is 0.205. The van der Waals surface area contributed by atoms with Crippen LogP contribution in [0.4, 0.5) is 0 Å². The molecule has 118 valence electrons. The molecule has 0 amide bonds. The third-order valence-electron chi connectivity index (χ3n) is 4.14. The van der Waals surface area contributed by atoms with Gasteiger partial charge in [0.25, 0.3) is 5.19 Å². The number of ether oxygens (including phenoxy) is 1. The Kier molecular flexibility index (Phi) is 4.11. The molecule has 1 atom stereocenters. The van der Waals surface area contributed by atoms with Crippen molar-refractivity contribution in [2.75, 3.05) is 13.7 Å². The van der Waals surface area contributed by atoms with Gasteiger partial charge in [0.2, 0.25) is 0 Å². The van der Waals surface area contributed by atoms with Crippen molar-refractivity contribution in [3.05, 3.63) is 62.8 Å². The summed E-state index contributed by atoms with van der Waals surface area (Å²) < 4.78 is 5.17. The van der Waals surface area contributed by atoms with E-state index in [4.69, 9.17) is 4.74 Å². The van der Waals surface area contributed by atoms with Crippen LogP contribution >= 0.6 is 22.7 Å². The van der Waals surface area contributed by atoms with E-state index in [2.05, 4.69) is 56.9 Å². The van der Waals surface area contributed by atoms with Crippen LogP contribution in [0.1, 0.15) is 27.1 Å². The number of benzene rings is 1. The van der Waals surface area contributed by atoms with Gasteiger partial charge in [-0.05, 0) is 29.0 Å². The van der Waals surface area contributed by atoms with Crippen molar-refractivity contribution >= 4 is 22.7 Å². The Hall–Kier alpha value is -1.76. The van der Waals surface area contributed by atoms with Gasteiger partial charge in [-0.25, -0.2) is 0 Å². The van der Waals surface area contributed by atoms with E-state index in [1.54, 1.807) is 7.11 Å². The number of aromatic nitrogens is 2. The molecule has 3 heterocycles.